The van der Waals surface area contributed by atoms with Crippen molar-refractivity contribution in [2.45, 2.75) is 140 Å². The van der Waals surface area contributed by atoms with Gasteiger partial charge in [0.15, 0.2) is 12.1 Å². The number of rotatable bonds is 7. The monoisotopic (exact) mass is 612 g/mol. The molecule has 0 radical (unpaired) electrons. The second-order valence-electron chi connectivity index (χ2n) is 16.0. The van der Waals surface area contributed by atoms with Gasteiger partial charge in [-0.2, -0.15) is 0 Å². The van der Waals surface area contributed by atoms with Crippen molar-refractivity contribution in [1.29, 1.82) is 0 Å². The lowest BCUT2D eigenvalue weighted by Crippen LogP contribution is -2.59. The Morgan fingerprint density at radius 2 is 1.65 bits per heavy atom. The van der Waals surface area contributed by atoms with Crippen LogP contribution in [0, 0.1) is 52.3 Å². The summed E-state index contributed by atoms with van der Waals surface area (Å²) >= 11 is 0. The Bertz CT molecular complexity index is 997. The molecule has 2 saturated heterocycles. The highest BCUT2D eigenvalue weighted by molar-refractivity contribution is 5.15. The molecule has 6 aliphatic rings. The molecular weight excluding hydrogens is 556 g/mol. The van der Waals surface area contributed by atoms with E-state index >= 15 is 0 Å². The number of aliphatic hydroxyl groups excluding tert-OH is 6. The van der Waals surface area contributed by atoms with E-state index in [1.807, 2.05) is 6.92 Å². The van der Waals surface area contributed by atoms with Crippen molar-refractivity contribution in [3.05, 3.63) is 0 Å². The standard InChI is InChI=1S/C33H56O10/c1-16(15-41-30-29(39)28(38)27(37)25(14-34)42-30)7-10-33(40)17(2)26-24(43-33)12-21-19-6-5-18-11-22(35)23(36)13-32(18,4)20(19)8-9-31(21,26)3/h16-30,34-40H,5-15H2,1-4H3/t16-,17+,18+,19-,20+,21+,22-,23-,24+,25-,26+,27-,28+,29-,30-,31+,32+,33-/m1/s1. The molecule has 0 aromatic rings. The fourth-order valence-corrected chi connectivity index (χ4v) is 11.3. The maximum Gasteiger partial charge on any atom is 0.186 e. The molecule has 10 heteroatoms. The van der Waals surface area contributed by atoms with E-state index < -0.39 is 55.3 Å². The summed E-state index contributed by atoms with van der Waals surface area (Å²) in [5.74, 6) is 1.23. The lowest BCUT2D eigenvalue weighted by Gasteiger charge is -2.61. The zero-order valence-electron chi connectivity index (χ0n) is 26.3. The normalized spacial score (nSPS) is 57.0. The average Bonchev–Trinajstić information content (AvgIpc) is 3.40. The minimum Gasteiger partial charge on any atom is -0.394 e. The van der Waals surface area contributed by atoms with Gasteiger partial charge in [-0.15, -0.1) is 0 Å². The van der Waals surface area contributed by atoms with Crippen LogP contribution in [0.15, 0.2) is 0 Å². The number of ether oxygens (including phenoxy) is 3. The lowest BCUT2D eigenvalue weighted by atomic mass is 9.44. The van der Waals surface area contributed by atoms with E-state index in [0.717, 1.165) is 25.7 Å². The molecule has 0 bridgehead atoms. The van der Waals surface area contributed by atoms with Crippen LogP contribution in [0.2, 0.25) is 0 Å². The van der Waals surface area contributed by atoms with Gasteiger partial charge in [-0.1, -0.05) is 27.7 Å². The van der Waals surface area contributed by atoms with Gasteiger partial charge in [0.2, 0.25) is 0 Å². The van der Waals surface area contributed by atoms with E-state index in [4.69, 9.17) is 14.2 Å². The SMILES string of the molecule is C[C@H](CC[C@@]1(O)O[C@H]2C[C@H]3[C@@H]4CC[C@H]5C[C@@H](O)[C@H](O)C[C@]5(C)[C@H]4CC[C@]3(C)[C@H]2[C@@H]1C)CO[C@@H]1O[C@H](CO)[C@@H](O)[C@H](O)[C@H]1O. The third-order valence-corrected chi connectivity index (χ3v) is 13.8. The highest BCUT2D eigenvalue weighted by Crippen LogP contribution is 2.70. The predicted molar refractivity (Wildman–Crippen MR) is 155 cm³/mol. The zero-order valence-corrected chi connectivity index (χ0v) is 26.3. The van der Waals surface area contributed by atoms with E-state index in [1.165, 1.54) is 6.42 Å². The van der Waals surface area contributed by atoms with Crippen molar-refractivity contribution >= 4 is 0 Å². The highest BCUT2D eigenvalue weighted by atomic mass is 16.7. The quantitative estimate of drug-likeness (QED) is 0.224. The van der Waals surface area contributed by atoms with Crippen LogP contribution >= 0.6 is 0 Å². The molecule has 4 saturated carbocycles. The summed E-state index contributed by atoms with van der Waals surface area (Å²) in [7, 11) is 0. The first-order valence-electron chi connectivity index (χ1n) is 16.9. The summed E-state index contributed by atoms with van der Waals surface area (Å²) in [6.45, 7) is 8.67. The molecule has 4 aliphatic carbocycles. The van der Waals surface area contributed by atoms with E-state index in [1.54, 1.807) is 0 Å². The summed E-state index contributed by atoms with van der Waals surface area (Å²) in [6.07, 6.45) is 0.335. The van der Waals surface area contributed by atoms with Crippen LogP contribution in [0.1, 0.15) is 85.5 Å². The second-order valence-corrected chi connectivity index (χ2v) is 16.0. The van der Waals surface area contributed by atoms with Crippen molar-refractivity contribution in [3.63, 3.8) is 0 Å². The van der Waals surface area contributed by atoms with Crippen molar-refractivity contribution in [2.75, 3.05) is 13.2 Å². The van der Waals surface area contributed by atoms with E-state index in [2.05, 4.69) is 20.8 Å². The minimum absolute atomic E-state index is 0.00620. The van der Waals surface area contributed by atoms with Crippen molar-refractivity contribution in [3.8, 4) is 0 Å². The van der Waals surface area contributed by atoms with Crippen LogP contribution in [-0.2, 0) is 14.2 Å². The molecular formula is C33H56O10. The van der Waals surface area contributed by atoms with Gasteiger partial charge in [0.1, 0.15) is 24.4 Å². The Morgan fingerprint density at radius 1 is 0.907 bits per heavy atom. The smallest absolute Gasteiger partial charge is 0.186 e. The first-order chi connectivity index (χ1) is 20.2. The third kappa shape index (κ3) is 5.24. The van der Waals surface area contributed by atoms with Crippen LogP contribution in [0.5, 0.6) is 0 Å². The van der Waals surface area contributed by atoms with Crippen LogP contribution in [0.4, 0.5) is 0 Å². The molecule has 0 aromatic heterocycles. The maximum absolute atomic E-state index is 11.8. The van der Waals surface area contributed by atoms with Crippen molar-refractivity contribution < 1.29 is 50.0 Å². The van der Waals surface area contributed by atoms with Gasteiger partial charge in [-0.25, -0.2) is 0 Å². The fraction of sp³-hybridized carbons (Fsp3) is 1.00. The molecule has 2 aliphatic heterocycles. The van der Waals surface area contributed by atoms with Crippen LogP contribution < -0.4 is 0 Å². The molecule has 0 spiro atoms. The number of fused-ring (bicyclic) bond motifs is 7. The average molecular weight is 613 g/mol. The predicted octanol–water partition coefficient (Wildman–Crippen LogP) is 1.54. The molecule has 6 fully saturated rings. The third-order valence-electron chi connectivity index (χ3n) is 13.8. The van der Waals surface area contributed by atoms with Gasteiger partial charge < -0.3 is 50.0 Å². The maximum atomic E-state index is 11.8. The van der Waals surface area contributed by atoms with Crippen LogP contribution in [0.3, 0.4) is 0 Å². The Morgan fingerprint density at radius 3 is 2.37 bits per heavy atom. The Balaban J connectivity index is 1.06. The summed E-state index contributed by atoms with van der Waals surface area (Å²) in [4.78, 5) is 0. The van der Waals surface area contributed by atoms with Gasteiger partial charge in [-0.05, 0) is 97.7 Å². The molecule has 7 N–H and O–H groups in total. The first kappa shape index (κ1) is 32.5. The van der Waals surface area contributed by atoms with E-state index in [-0.39, 0.29) is 41.3 Å². The first-order valence-corrected chi connectivity index (χ1v) is 16.9. The molecule has 18 atom stereocenters. The van der Waals surface area contributed by atoms with Gasteiger partial charge in [0.05, 0.1) is 31.5 Å². The highest BCUT2D eigenvalue weighted by Gasteiger charge is 2.68. The topological polar surface area (TPSA) is 169 Å². The number of hydrogen-bond acceptors (Lipinski definition) is 10. The van der Waals surface area contributed by atoms with E-state index in [9.17, 15) is 35.7 Å². The molecule has 0 unspecified atom stereocenters. The van der Waals surface area contributed by atoms with Gasteiger partial charge in [0.25, 0.3) is 0 Å². The molecule has 0 aromatic carbocycles. The Kier molecular flexibility index (Phi) is 8.84. The fourth-order valence-electron chi connectivity index (χ4n) is 11.3. The molecule has 6 rings (SSSR count). The molecule has 43 heavy (non-hydrogen) atoms. The summed E-state index contributed by atoms with van der Waals surface area (Å²) in [5.41, 5.74) is 0.172. The Labute approximate surface area is 255 Å². The summed E-state index contributed by atoms with van der Waals surface area (Å²) < 4.78 is 17.8. The molecule has 10 nitrogen and oxygen atoms in total. The van der Waals surface area contributed by atoms with Crippen LogP contribution in [-0.4, -0.2) is 104 Å². The van der Waals surface area contributed by atoms with Crippen LogP contribution in [0.25, 0.3) is 0 Å². The minimum atomic E-state index is -1.47. The van der Waals surface area contributed by atoms with Crippen molar-refractivity contribution in [2.24, 2.45) is 52.3 Å². The molecule has 248 valence electrons. The van der Waals surface area contributed by atoms with Gasteiger partial charge in [-0.3, -0.25) is 0 Å². The molecule has 2 heterocycles. The second kappa shape index (κ2) is 11.7. The lowest BCUT2D eigenvalue weighted by molar-refractivity contribution is -0.303. The molecule has 0 amide bonds. The largest absolute Gasteiger partial charge is 0.394 e. The van der Waals surface area contributed by atoms with Gasteiger partial charge >= 0.3 is 0 Å². The zero-order chi connectivity index (χ0) is 31.1. The summed E-state index contributed by atoms with van der Waals surface area (Å²) in [5, 5.41) is 72.5. The summed E-state index contributed by atoms with van der Waals surface area (Å²) in [6, 6.07) is 0. The van der Waals surface area contributed by atoms with E-state index in [0.29, 0.717) is 49.4 Å². The number of aliphatic hydroxyl groups is 7. The Hall–Kier alpha value is -0.400. The number of hydrogen-bond donors (Lipinski definition) is 7. The van der Waals surface area contributed by atoms with Gasteiger partial charge in [0, 0.05) is 12.3 Å². The van der Waals surface area contributed by atoms with Crippen molar-refractivity contribution in [1.82, 2.24) is 0 Å².